The molecule has 0 radical (unpaired) electrons. The van der Waals surface area contributed by atoms with Crippen LogP contribution >= 0.6 is 0 Å². The Kier molecular flexibility index (Phi) is 4.30. The molecule has 0 spiro atoms. The summed E-state index contributed by atoms with van der Waals surface area (Å²) >= 11 is 0. The van der Waals surface area contributed by atoms with Gasteiger partial charge in [-0.25, -0.2) is 4.98 Å². The summed E-state index contributed by atoms with van der Waals surface area (Å²) in [7, 11) is 0. The Labute approximate surface area is 119 Å². The fourth-order valence-corrected chi connectivity index (χ4v) is 2.17. The second-order valence-corrected chi connectivity index (χ2v) is 4.46. The number of carboxylic acid groups (broad SMARTS) is 1. The maximum Gasteiger partial charge on any atom is 0.312 e. The van der Waals surface area contributed by atoms with Crippen LogP contribution in [0.2, 0.25) is 0 Å². The van der Waals surface area contributed by atoms with Gasteiger partial charge in [0.25, 0.3) is 0 Å². The molecule has 9 heteroatoms. The normalized spacial score (nSPS) is 18.0. The van der Waals surface area contributed by atoms with Crippen molar-refractivity contribution in [1.29, 1.82) is 5.26 Å². The Morgan fingerprint density at radius 3 is 3.10 bits per heavy atom. The first kappa shape index (κ1) is 14.7. The van der Waals surface area contributed by atoms with Gasteiger partial charge in [0, 0.05) is 18.8 Å². The Balaban J connectivity index is 2.40. The third-order valence-electron chi connectivity index (χ3n) is 3.08. The number of nitrogens with zero attached hydrogens (tertiary/aromatic N) is 4. The number of nitro groups is 1. The molecular formula is C12H12N4O5. The van der Waals surface area contributed by atoms with Gasteiger partial charge in [-0.2, -0.15) is 5.26 Å². The highest BCUT2D eigenvalue weighted by molar-refractivity contribution is 5.69. The summed E-state index contributed by atoms with van der Waals surface area (Å²) in [5.74, 6) is -0.958. The van der Waals surface area contributed by atoms with Crippen LogP contribution in [0.3, 0.4) is 0 Å². The van der Waals surface area contributed by atoms with Gasteiger partial charge in [0.2, 0.25) is 5.82 Å². The molecule has 0 aliphatic carbocycles. The van der Waals surface area contributed by atoms with Gasteiger partial charge in [-0.3, -0.25) is 14.9 Å². The molecule has 1 aromatic rings. The number of morpholine rings is 1. The van der Waals surface area contributed by atoms with Crippen molar-refractivity contribution in [2.24, 2.45) is 0 Å². The zero-order chi connectivity index (χ0) is 15.4. The lowest BCUT2D eigenvalue weighted by molar-refractivity contribution is -0.384. The van der Waals surface area contributed by atoms with Gasteiger partial charge in [0.1, 0.15) is 6.07 Å². The molecule has 1 unspecified atom stereocenters. The summed E-state index contributed by atoms with van der Waals surface area (Å²) in [6, 6.07) is 2.39. The van der Waals surface area contributed by atoms with Gasteiger partial charge in [0.15, 0.2) is 0 Å². The summed E-state index contributed by atoms with van der Waals surface area (Å²) < 4.78 is 5.22. The summed E-state index contributed by atoms with van der Waals surface area (Å²) in [5, 5.41) is 28.8. The number of aliphatic carboxylic acids is 1. The van der Waals surface area contributed by atoms with Gasteiger partial charge in [-0.15, -0.1) is 0 Å². The molecule has 1 saturated heterocycles. The fourth-order valence-electron chi connectivity index (χ4n) is 2.17. The van der Waals surface area contributed by atoms with E-state index in [0.717, 1.165) is 6.07 Å². The number of carbonyl (C=O) groups is 1. The third kappa shape index (κ3) is 3.24. The number of hydrogen-bond donors (Lipinski definition) is 1. The van der Waals surface area contributed by atoms with E-state index in [1.54, 1.807) is 11.0 Å². The highest BCUT2D eigenvalue weighted by atomic mass is 16.6. The van der Waals surface area contributed by atoms with Crippen LogP contribution in [0.25, 0.3) is 0 Å². The molecule has 0 saturated carbocycles. The van der Waals surface area contributed by atoms with Crippen LogP contribution < -0.4 is 4.90 Å². The van der Waals surface area contributed by atoms with Gasteiger partial charge in [-0.05, 0) is 0 Å². The first-order valence-corrected chi connectivity index (χ1v) is 6.13. The topological polar surface area (TPSA) is 130 Å². The SMILES string of the molecule is N#Cc1cnc(N2CCOCC2CC(=O)O)c([N+](=O)[O-])c1. The predicted molar refractivity (Wildman–Crippen MR) is 69.8 cm³/mol. The standard InChI is InChI=1S/C12H12N4O5/c13-5-8-3-10(16(19)20)12(14-6-8)15-1-2-21-7-9(15)4-11(17)18/h3,6,9H,1-2,4,7H2,(H,17,18). The molecule has 1 fully saturated rings. The van der Waals surface area contributed by atoms with E-state index in [-0.39, 0.29) is 30.1 Å². The number of ether oxygens (including phenoxy) is 1. The minimum Gasteiger partial charge on any atom is -0.481 e. The minimum atomic E-state index is -1.02. The monoisotopic (exact) mass is 292 g/mol. The highest BCUT2D eigenvalue weighted by Crippen LogP contribution is 2.29. The van der Waals surface area contributed by atoms with Crippen molar-refractivity contribution in [3.63, 3.8) is 0 Å². The van der Waals surface area contributed by atoms with Crippen molar-refractivity contribution in [1.82, 2.24) is 4.98 Å². The lowest BCUT2D eigenvalue weighted by atomic mass is 10.1. The molecule has 1 aliphatic rings. The highest BCUT2D eigenvalue weighted by Gasteiger charge is 2.31. The Bertz CT molecular complexity index is 612. The van der Waals surface area contributed by atoms with Crippen LogP contribution in [0, 0.1) is 21.4 Å². The molecule has 110 valence electrons. The van der Waals surface area contributed by atoms with E-state index in [1.807, 2.05) is 0 Å². The molecule has 0 amide bonds. The summed E-state index contributed by atoms with van der Waals surface area (Å²) in [6.07, 6.45) is 1.02. The second-order valence-electron chi connectivity index (χ2n) is 4.46. The number of hydrogen-bond acceptors (Lipinski definition) is 7. The molecule has 1 aromatic heterocycles. The number of rotatable bonds is 4. The number of carboxylic acids is 1. The average Bonchev–Trinajstić information content (AvgIpc) is 2.46. The summed E-state index contributed by atoms with van der Waals surface area (Å²) in [4.78, 5) is 26.9. The molecule has 9 nitrogen and oxygen atoms in total. The minimum absolute atomic E-state index is 0.0635. The first-order chi connectivity index (χ1) is 10.0. The van der Waals surface area contributed by atoms with E-state index >= 15 is 0 Å². The molecule has 1 N–H and O–H groups in total. The molecule has 0 bridgehead atoms. The van der Waals surface area contributed by atoms with Crippen LogP contribution in [0.4, 0.5) is 11.5 Å². The Hall–Kier alpha value is -2.73. The average molecular weight is 292 g/mol. The Morgan fingerprint density at radius 2 is 2.48 bits per heavy atom. The van der Waals surface area contributed by atoms with Crippen molar-refractivity contribution in [3.05, 3.63) is 27.9 Å². The largest absolute Gasteiger partial charge is 0.481 e. The first-order valence-electron chi connectivity index (χ1n) is 6.13. The molecule has 2 rings (SSSR count). The number of pyridine rings is 1. The maximum atomic E-state index is 11.1. The van der Waals surface area contributed by atoms with E-state index in [4.69, 9.17) is 15.1 Å². The van der Waals surface area contributed by atoms with Crippen molar-refractivity contribution >= 4 is 17.5 Å². The molecule has 1 atom stereocenters. The Morgan fingerprint density at radius 1 is 1.71 bits per heavy atom. The van der Waals surface area contributed by atoms with Gasteiger partial charge in [0.05, 0.1) is 36.2 Å². The van der Waals surface area contributed by atoms with Crippen molar-refractivity contribution in [3.8, 4) is 6.07 Å². The molecule has 2 heterocycles. The van der Waals surface area contributed by atoms with Crippen LogP contribution in [0.1, 0.15) is 12.0 Å². The smallest absolute Gasteiger partial charge is 0.312 e. The van der Waals surface area contributed by atoms with Crippen LogP contribution in [0.5, 0.6) is 0 Å². The van der Waals surface area contributed by atoms with Gasteiger partial charge in [-0.1, -0.05) is 0 Å². The van der Waals surface area contributed by atoms with E-state index < -0.39 is 16.9 Å². The van der Waals surface area contributed by atoms with Crippen molar-refractivity contribution in [2.45, 2.75) is 12.5 Å². The predicted octanol–water partition coefficient (Wildman–Crippen LogP) is 0.541. The number of anilines is 1. The van der Waals surface area contributed by atoms with Crippen LogP contribution in [-0.2, 0) is 9.53 Å². The fraction of sp³-hybridized carbons (Fsp3) is 0.417. The number of nitriles is 1. The lowest BCUT2D eigenvalue weighted by Gasteiger charge is -2.35. The van der Waals surface area contributed by atoms with Crippen molar-refractivity contribution < 1.29 is 19.6 Å². The molecule has 0 aromatic carbocycles. The van der Waals surface area contributed by atoms with Gasteiger partial charge >= 0.3 is 11.7 Å². The molecule has 1 aliphatic heterocycles. The molecule has 21 heavy (non-hydrogen) atoms. The van der Waals surface area contributed by atoms with E-state index in [9.17, 15) is 14.9 Å². The maximum absolute atomic E-state index is 11.1. The quantitative estimate of drug-likeness (QED) is 0.628. The van der Waals surface area contributed by atoms with E-state index in [2.05, 4.69) is 4.98 Å². The van der Waals surface area contributed by atoms with Crippen molar-refractivity contribution in [2.75, 3.05) is 24.7 Å². The van der Waals surface area contributed by atoms with Crippen LogP contribution in [-0.4, -0.2) is 46.8 Å². The molecular weight excluding hydrogens is 280 g/mol. The summed E-state index contributed by atoms with van der Waals surface area (Å²) in [5.41, 5.74) is -0.236. The van der Waals surface area contributed by atoms with E-state index in [1.165, 1.54) is 6.20 Å². The van der Waals surface area contributed by atoms with Crippen LogP contribution in [0.15, 0.2) is 12.3 Å². The second kappa shape index (κ2) is 6.15. The third-order valence-corrected chi connectivity index (χ3v) is 3.08. The van der Waals surface area contributed by atoms with Gasteiger partial charge < -0.3 is 14.7 Å². The zero-order valence-electron chi connectivity index (χ0n) is 10.9. The zero-order valence-corrected chi connectivity index (χ0v) is 10.9. The lowest BCUT2D eigenvalue weighted by Crippen LogP contribution is -2.47. The van der Waals surface area contributed by atoms with E-state index in [0.29, 0.717) is 13.2 Å². The summed E-state index contributed by atoms with van der Waals surface area (Å²) in [6.45, 7) is 0.789. The number of aromatic nitrogens is 1.